The second kappa shape index (κ2) is 6.18. The lowest BCUT2D eigenvalue weighted by Gasteiger charge is -2.34. The van der Waals surface area contributed by atoms with Gasteiger partial charge in [0.15, 0.2) is 0 Å². The van der Waals surface area contributed by atoms with Crippen molar-refractivity contribution in [1.29, 1.82) is 0 Å². The third kappa shape index (κ3) is 3.83. The molecular weight excluding hydrogens is 208 g/mol. The Balaban J connectivity index is 1.79. The number of nitrogens with one attached hydrogen (secondary N) is 1. The molecule has 0 aromatic heterocycles. The topological polar surface area (TPSA) is 15.3 Å². The average Bonchev–Trinajstić information content (AvgIpc) is 2.38. The predicted octanol–water partition coefficient (Wildman–Crippen LogP) is 2.30. The minimum absolute atomic E-state index is 0.691. The summed E-state index contributed by atoms with van der Waals surface area (Å²) in [7, 11) is 4.40. The minimum atomic E-state index is 0.691. The molecule has 94 valence electrons. The van der Waals surface area contributed by atoms with Crippen LogP contribution in [-0.4, -0.2) is 37.6 Å². The van der Waals surface area contributed by atoms with Gasteiger partial charge >= 0.3 is 0 Å². The van der Waals surface area contributed by atoms with Gasteiger partial charge in [0.2, 0.25) is 0 Å². The van der Waals surface area contributed by atoms with Crippen LogP contribution >= 0.6 is 0 Å². The molecule has 0 saturated carbocycles. The van der Waals surface area contributed by atoms with Gasteiger partial charge in [-0.2, -0.15) is 0 Å². The Bertz CT molecular complexity index is 321. The van der Waals surface area contributed by atoms with Crippen molar-refractivity contribution in [2.24, 2.45) is 0 Å². The van der Waals surface area contributed by atoms with Crippen LogP contribution in [0.4, 0.5) is 0 Å². The van der Waals surface area contributed by atoms with Crippen LogP contribution in [-0.2, 0) is 6.42 Å². The fraction of sp³-hybridized carbons (Fsp3) is 0.600. The van der Waals surface area contributed by atoms with Gasteiger partial charge in [0.1, 0.15) is 0 Å². The van der Waals surface area contributed by atoms with E-state index in [-0.39, 0.29) is 0 Å². The van der Waals surface area contributed by atoms with E-state index in [1.54, 1.807) is 0 Å². The predicted molar refractivity (Wildman–Crippen MR) is 73.3 cm³/mol. The SMILES string of the molecule is CN(C)C1CCNC(CCc2ccccc2)C1. The quantitative estimate of drug-likeness (QED) is 0.857. The monoisotopic (exact) mass is 232 g/mol. The van der Waals surface area contributed by atoms with Crippen LogP contribution in [0.15, 0.2) is 30.3 Å². The van der Waals surface area contributed by atoms with Crippen LogP contribution in [0.1, 0.15) is 24.8 Å². The van der Waals surface area contributed by atoms with Crippen LogP contribution in [0.5, 0.6) is 0 Å². The third-order valence-corrected chi connectivity index (χ3v) is 3.82. The molecule has 0 aliphatic carbocycles. The Morgan fingerprint density at radius 1 is 1.24 bits per heavy atom. The van der Waals surface area contributed by atoms with E-state index in [9.17, 15) is 0 Å². The summed E-state index contributed by atoms with van der Waals surface area (Å²) in [5, 5.41) is 3.65. The van der Waals surface area contributed by atoms with E-state index in [2.05, 4.69) is 54.6 Å². The molecular formula is C15H24N2. The molecule has 17 heavy (non-hydrogen) atoms. The zero-order valence-corrected chi connectivity index (χ0v) is 11.0. The standard InChI is InChI=1S/C15H24N2/c1-17(2)15-10-11-16-14(12-15)9-8-13-6-4-3-5-7-13/h3-7,14-16H,8-12H2,1-2H3. The van der Waals surface area contributed by atoms with Gasteiger partial charge in [-0.3, -0.25) is 0 Å². The lowest BCUT2D eigenvalue weighted by Crippen LogP contribution is -2.45. The maximum Gasteiger partial charge on any atom is 0.0116 e. The number of nitrogens with zero attached hydrogens (tertiary/aromatic N) is 1. The van der Waals surface area contributed by atoms with Gasteiger partial charge in [-0.1, -0.05) is 30.3 Å². The molecule has 0 bridgehead atoms. The molecule has 2 nitrogen and oxygen atoms in total. The number of benzene rings is 1. The van der Waals surface area contributed by atoms with E-state index in [1.165, 1.54) is 37.8 Å². The summed E-state index contributed by atoms with van der Waals surface area (Å²) in [5.41, 5.74) is 1.46. The fourth-order valence-electron chi connectivity index (χ4n) is 2.66. The van der Waals surface area contributed by atoms with Crippen molar-refractivity contribution in [3.63, 3.8) is 0 Å². The van der Waals surface area contributed by atoms with Gasteiger partial charge < -0.3 is 10.2 Å². The molecule has 1 heterocycles. The second-order valence-electron chi connectivity index (χ2n) is 5.32. The van der Waals surface area contributed by atoms with Gasteiger partial charge in [0.25, 0.3) is 0 Å². The number of hydrogen-bond acceptors (Lipinski definition) is 2. The maximum absolute atomic E-state index is 3.65. The highest BCUT2D eigenvalue weighted by Gasteiger charge is 2.22. The highest BCUT2D eigenvalue weighted by molar-refractivity contribution is 5.14. The number of hydrogen-bond donors (Lipinski definition) is 1. The zero-order chi connectivity index (χ0) is 12.1. The molecule has 2 rings (SSSR count). The van der Waals surface area contributed by atoms with Gasteiger partial charge in [-0.05, 0) is 51.9 Å². The first kappa shape index (κ1) is 12.6. The van der Waals surface area contributed by atoms with Gasteiger partial charge in [-0.25, -0.2) is 0 Å². The molecule has 2 unspecified atom stereocenters. The van der Waals surface area contributed by atoms with Gasteiger partial charge in [0, 0.05) is 12.1 Å². The summed E-state index contributed by atoms with van der Waals surface area (Å²) in [6.45, 7) is 1.17. The number of aryl methyl sites for hydroxylation is 1. The Morgan fingerprint density at radius 3 is 2.71 bits per heavy atom. The molecule has 1 aliphatic heterocycles. The van der Waals surface area contributed by atoms with E-state index >= 15 is 0 Å². The maximum atomic E-state index is 3.65. The van der Waals surface area contributed by atoms with Crippen molar-refractivity contribution >= 4 is 0 Å². The Kier molecular flexibility index (Phi) is 4.57. The summed E-state index contributed by atoms with van der Waals surface area (Å²) < 4.78 is 0. The van der Waals surface area contributed by atoms with Crippen molar-refractivity contribution in [3.05, 3.63) is 35.9 Å². The van der Waals surface area contributed by atoms with E-state index in [0.717, 1.165) is 6.04 Å². The first-order chi connectivity index (χ1) is 8.25. The van der Waals surface area contributed by atoms with Crippen LogP contribution in [0, 0.1) is 0 Å². The highest BCUT2D eigenvalue weighted by atomic mass is 15.1. The molecule has 1 aromatic rings. The molecule has 0 amide bonds. The lowest BCUT2D eigenvalue weighted by atomic mass is 9.94. The van der Waals surface area contributed by atoms with Crippen LogP contribution in [0.2, 0.25) is 0 Å². The molecule has 1 N–H and O–H groups in total. The molecule has 1 saturated heterocycles. The molecule has 1 fully saturated rings. The van der Waals surface area contributed by atoms with E-state index in [4.69, 9.17) is 0 Å². The summed E-state index contributed by atoms with van der Waals surface area (Å²) in [6, 6.07) is 12.3. The zero-order valence-electron chi connectivity index (χ0n) is 11.0. The van der Waals surface area contributed by atoms with E-state index in [1.807, 2.05) is 0 Å². The van der Waals surface area contributed by atoms with Crippen molar-refractivity contribution < 1.29 is 0 Å². The lowest BCUT2D eigenvalue weighted by molar-refractivity contribution is 0.202. The number of piperidine rings is 1. The minimum Gasteiger partial charge on any atom is -0.314 e. The van der Waals surface area contributed by atoms with Crippen molar-refractivity contribution in [2.75, 3.05) is 20.6 Å². The summed E-state index contributed by atoms with van der Waals surface area (Å²) in [4.78, 5) is 2.37. The number of rotatable bonds is 4. The molecule has 0 radical (unpaired) electrons. The first-order valence-corrected chi connectivity index (χ1v) is 6.69. The second-order valence-corrected chi connectivity index (χ2v) is 5.32. The summed E-state index contributed by atoms with van der Waals surface area (Å²) in [5.74, 6) is 0. The Labute approximate surface area is 105 Å². The molecule has 2 atom stereocenters. The largest absolute Gasteiger partial charge is 0.314 e. The van der Waals surface area contributed by atoms with Crippen LogP contribution < -0.4 is 5.32 Å². The van der Waals surface area contributed by atoms with Crippen molar-refractivity contribution in [3.8, 4) is 0 Å². The normalized spacial score (nSPS) is 25.1. The van der Waals surface area contributed by atoms with Crippen molar-refractivity contribution in [2.45, 2.75) is 37.8 Å². The fourth-order valence-corrected chi connectivity index (χ4v) is 2.66. The molecule has 0 spiro atoms. The smallest absolute Gasteiger partial charge is 0.0116 e. The highest BCUT2D eigenvalue weighted by Crippen LogP contribution is 2.17. The van der Waals surface area contributed by atoms with E-state index < -0.39 is 0 Å². The summed E-state index contributed by atoms with van der Waals surface area (Å²) in [6.07, 6.45) is 5.03. The van der Waals surface area contributed by atoms with Crippen LogP contribution in [0.3, 0.4) is 0 Å². The molecule has 2 heteroatoms. The van der Waals surface area contributed by atoms with Crippen molar-refractivity contribution in [1.82, 2.24) is 10.2 Å². The average molecular weight is 232 g/mol. The Hall–Kier alpha value is -0.860. The van der Waals surface area contributed by atoms with E-state index in [0.29, 0.717) is 6.04 Å². The van der Waals surface area contributed by atoms with Crippen LogP contribution in [0.25, 0.3) is 0 Å². The Morgan fingerprint density at radius 2 is 2.00 bits per heavy atom. The first-order valence-electron chi connectivity index (χ1n) is 6.69. The third-order valence-electron chi connectivity index (χ3n) is 3.82. The van der Waals surface area contributed by atoms with Gasteiger partial charge in [0.05, 0.1) is 0 Å². The molecule has 1 aromatic carbocycles. The van der Waals surface area contributed by atoms with Gasteiger partial charge in [-0.15, -0.1) is 0 Å². The molecule has 1 aliphatic rings. The summed E-state index contributed by atoms with van der Waals surface area (Å²) >= 11 is 0.